The quantitative estimate of drug-likeness (QED) is 0.559. The highest BCUT2D eigenvalue weighted by Crippen LogP contribution is 2.47. The van der Waals surface area contributed by atoms with Gasteiger partial charge in [0.25, 0.3) is 0 Å². The third kappa shape index (κ3) is 1.27. The van der Waals surface area contributed by atoms with E-state index < -0.39 is 14.0 Å². The molecule has 0 aromatic carbocycles. The number of carboxylic acids is 1. The number of carboxylic acid groups (broad SMARTS) is 1. The fourth-order valence-corrected chi connectivity index (χ4v) is 5.19. The third-order valence-electron chi connectivity index (χ3n) is 3.15. The Morgan fingerprint density at radius 1 is 1.36 bits per heavy atom. The van der Waals surface area contributed by atoms with Gasteiger partial charge in [0.15, 0.2) is 0 Å². The Bertz CT molecular complexity index is 347. The molecule has 0 saturated carbocycles. The molecule has 2 atom stereocenters. The lowest BCUT2D eigenvalue weighted by atomic mass is 10.0. The Morgan fingerprint density at radius 3 is 2.36 bits per heavy atom. The van der Waals surface area contributed by atoms with E-state index in [1.54, 1.807) is 0 Å². The van der Waals surface area contributed by atoms with E-state index >= 15 is 0 Å². The van der Waals surface area contributed by atoms with Gasteiger partial charge in [-0.05, 0) is 12.3 Å². The molecule has 0 aromatic heterocycles. The van der Waals surface area contributed by atoms with Crippen LogP contribution in [-0.2, 0) is 4.79 Å². The van der Waals surface area contributed by atoms with E-state index in [1.165, 1.54) is 5.20 Å². The topological polar surface area (TPSA) is 37.3 Å². The van der Waals surface area contributed by atoms with Crippen molar-refractivity contribution < 1.29 is 9.90 Å². The predicted molar refractivity (Wildman–Crippen MR) is 58.7 cm³/mol. The van der Waals surface area contributed by atoms with E-state index in [2.05, 4.69) is 31.8 Å². The fraction of sp³-hybridized carbons (Fsp3) is 0.545. The molecule has 0 aromatic rings. The maximum Gasteiger partial charge on any atom is 0.331 e. The summed E-state index contributed by atoms with van der Waals surface area (Å²) >= 11 is 0. The van der Waals surface area contributed by atoms with Crippen LogP contribution in [0.5, 0.6) is 0 Å². The lowest BCUT2D eigenvalue weighted by Crippen LogP contribution is -2.29. The third-order valence-corrected chi connectivity index (χ3v) is 5.41. The smallest absolute Gasteiger partial charge is 0.331 e. The first-order valence-corrected chi connectivity index (χ1v) is 8.57. The number of aliphatic carboxylic acids is 1. The van der Waals surface area contributed by atoms with Gasteiger partial charge < -0.3 is 5.11 Å². The average Bonchev–Trinajstić information content (AvgIpc) is 2.58. The highest BCUT2D eigenvalue weighted by Gasteiger charge is 2.43. The Hall–Kier alpha value is -0.833. The maximum absolute atomic E-state index is 11.2. The molecule has 2 aliphatic carbocycles. The van der Waals surface area contributed by atoms with Gasteiger partial charge in [0.05, 0.1) is 8.07 Å². The molecule has 2 aliphatic rings. The van der Waals surface area contributed by atoms with E-state index in [0.717, 1.165) is 12.0 Å². The van der Waals surface area contributed by atoms with Crippen LogP contribution in [0, 0.1) is 11.8 Å². The number of allylic oxidation sites excluding steroid dienone is 3. The summed E-state index contributed by atoms with van der Waals surface area (Å²) in [5, 5.41) is 10.5. The van der Waals surface area contributed by atoms with Crippen LogP contribution in [0.25, 0.3) is 0 Å². The lowest BCUT2D eigenvalue weighted by Gasteiger charge is -2.25. The molecule has 0 spiro atoms. The van der Waals surface area contributed by atoms with Gasteiger partial charge in [0.2, 0.25) is 0 Å². The predicted octanol–water partition coefficient (Wildman–Crippen LogP) is 2.45. The Morgan fingerprint density at radius 2 is 1.93 bits per heavy atom. The molecule has 2 bridgehead atoms. The summed E-state index contributed by atoms with van der Waals surface area (Å²) in [7, 11) is -1.46. The van der Waals surface area contributed by atoms with Crippen LogP contribution in [-0.4, -0.2) is 19.1 Å². The summed E-state index contributed by atoms with van der Waals surface area (Å²) in [6.07, 6.45) is 5.28. The first kappa shape index (κ1) is 9.71. The molecule has 76 valence electrons. The summed E-state index contributed by atoms with van der Waals surface area (Å²) in [5.74, 6) is -0.0451. The van der Waals surface area contributed by atoms with Crippen LogP contribution < -0.4 is 0 Å². The van der Waals surface area contributed by atoms with Gasteiger partial charge in [0.1, 0.15) is 0 Å². The number of hydrogen-bond donors (Lipinski definition) is 1. The van der Waals surface area contributed by atoms with Gasteiger partial charge in [-0.15, -0.1) is 0 Å². The first-order valence-electron chi connectivity index (χ1n) is 5.07. The molecular formula is C11H16O2Si. The van der Waals surface area contributed by atoms with Crippen LogP contribution in [0.4, 0.5) is 0 Å². The molecule has 0 radical (unpaired) electrons. The van der Waals surface area contributed by atoms with Crippen molar-refractivity contribution in [2.75, 3.05) is 0 Å². The van der Waals surface area contributed by atoms with Gasteiger partial charge in [-0.1, -0.05) is 37.0 Å². The Kier molecular flexibility index (Phi) is 1.96. The average molecular weight is 208 g/mol. The van der Waals surface area contributed by atoms with Crippen LogP contribution in [0.2, 0.25) is 19.6 Å². The second-order valence-corrected chi connectivity index (χ2v) is 10.3. The Labute approximate surface area is 85.3 Å². The van der Waals surface area contributed by atoms with Crippen molar-refractivity contribution in [2.24, 2.45) is 11.8 Å². The summed E-state index contributed by atoms with van der Waals surface area (Å²) in [4.78, 5) is 11.2. The summed E-state index contributed by atoms with van der Waals surface area (Å²) in [6.45, 7) is 6.71. The lowest BCUT2D eigenvalue weighted by molar-refractivity contribution is -0.133. The zero-order valence-electron chi connectivity index (χ0n) is 8.87. The molecule has 1 N–H and O–H groups in total. The molecule has 0 saturated heterocycles. The molecule has 0 amide bonds. The molecule has 2 rings (SSSR count). The Balaban J connectivity index is 2.49. The number of rotatable bonds is 2. The van der Waals surface area contributed by atoms with E-state index in [1.807, 2.05) is 0 Å². The second-order valence-electron chi connectivity index (χ2n) is 5.22. The largest absolute Gasteiger partial charge is 0.478 e. The molecule has 0 aliphatic heterocycles. The van der Waals surface area contributed by atoms with Crippen LogP contribution in [0.1, 0.15) is 6.42 Å². The van der Waals surface area contributed by atoms with E-state index in [0.29, 0.717) is 5.92 Å². The summed E-state index contributed by atoms with van der Waals surface area (Å²) in [6, 6.07) is 0. The summed E-state index contributed by atoms with van der Waals surface area (Å²) < 4.78 is 0. The van der Waals surface area contributed by atoms with Crippen molar-refractivity contribution in [3.63, 3.8) is 0 Å². The molecule has 3 heteroatoms. The molecule has 2 nitrogen and oxygen atoms in total. The van der Waals surface area contributed by atoms with Gasteiger partial charge in [-0.2, -0.15) is 0 Å². The minimum Gasteiger partial charge on any atom is -0.478 e. The fourth-order valence-electron chi connectivity index (χ4n) is 2.76. The van der Waals surface area contributed by atoms with Crippen LogP contribution in [0.15, 0.2) is 22.9 Å². The minimum atomic E-state index is -1.46. The van der Waals surface area contributed by atoms with Crippen molar-refractivity contribution in [1.82, 2.24) is 0 Å². The second kappa shape index (κ2) is 2.83. The van der Waals surface area contributed by atoms with Crippen molar-refractivity contribution in [3.05, 3.63) is 22.9 Å². The van der Waals surface area contributed by atoms with Crippen molar-refractivity contribution in [1.29, 1.82) is 0 Å². The van der Waals surface area contributed by atoms with Gasteiger partial charge >= 0.3 is 5.97 Å². The highest BCUT2D eigenvalue weighted by atomic mass is 28.3. The number of hydrogen-bond acceptors (Lipinski definition) is 1. The molecule has 0 heterocycles. The zero-order chi connectivity index (χ0) is 10.5. The van der Waals surface area contributed by atoms with E-state index in [4.69, 9.17) is 0 Å². The van der Waals surface area contributed by atoms with Crippen molar-refractivity contribution in [3.8, 4) is 0 Å². The van der Waals surface area contributed by atoms with Gasteiger partial charge in [-0.3, -0.25) is 0 Å². The van der Waals surface area contributed by atoms with E-state index in [-0.39, 0.29) is 5.92 Å². The van der Waals surface area contributed by atoms with Crippen LogP contribution >= 0.6 is 0 Å². The standard InChI is InChI=1S/C11H16O2Si/c1-14(2,3)10-8-5-4-7(6-8)9(10)11(12)13/h4-5,7-8H,6H2,1-3H3,(H,12,13). The van der Waals surface area contributed by atoms with Gasteiger partial charge in [-0.25, -0.2) is 4.79 Å². The SMILES string of the molecule is C[Si](C)(C)C1=C(C(=O)O)C2C=CC1C2. The van der Waals surface area contributed by atoms with E-state index in [9.17, 15) is 9.90 Å². The normalized spacial score (nSPS) is 30.2. The maximum atomic E-state index is 11.2. The van der Waals surface area contributed by atoms with Crippen molar-refractivity contribution in [2.45, 2.75) is 26.1 Å². The molecule has 14 heavy (non-hydrogen) atoms. The highest BCUT2D eigenvalue weighted by molar-refractivity contribution is 6.83. The zero-order valence-corrected chi connectivity index (χ0v) is 9.87. The summed E-state index contributed by atoms with van der Waals surface area (Å²) in [5.41, 5.74) is 0.719. The molecule has 2 unspecified atom stereocenters. The first-order chi connectivity index (χ1) is 6.41. The van der Waals surface area contributed by atoms with Gasteiger partial charge in [0, 0.05) is 11.5 Å². The van der Waals surface area contributed by atoms with Crippen molar-refractivity contribution >= 4 is 14.0 Å². The number of carbonyl (C=O) groups is 1. The number of fused-ring (bicyclic) bond motifs is 2. The van der Waals surface area contributed by atoms with Crippen LogP contribution in [0.3, 0.4) is 0 Å². The molecule has 0 fully saturated rings. The molecular weight excluding hydrogens is 192 g/mol. The monoisotopic (exact) mass is 208 g/mol. The minimum absolute atomic E-state index is 0.208.